The van der Waals surface area contributed by atoms with Gasteiger partial charge in [0.25, 0.3) is 0 Å². The van der Waals surface area contributed by atoms with Crippen molar-refractivity contribution in [1.29, 1.82) is 5.26 Å². The van der Waals surface area contributed by atoms with Crippen molar-refractivity contribution in [2.24, 2.45) is 5.41 Å². The monoisotopic (exact) mass is 426 g/mol. The summed E-state index contributed by atoms with van der Waals surface area (Å²) in [5, 5.41) is 12.5. The highest BCUT2D eigenvalue weighted by molar-refractivity contribution is 5.98. The average Bonchev–Trinajstić information content (AvgIpc) is 2.80. The predicted molar refractivity (Wildman–Crippen MR) is 129 cm³/mol. The first-order chi connectivity index (χ1) is 15.3. The molecular formula is C28H30N2O2. The molecule has 32 heavy (non-hydrogen) atoms. The van der Waals surface area contributed by atoms with Crippen LogP contribution < -0.4 is 4.90 Å². The maximum absolute atomic E-state index is 10.1. The number of ether oxygens (including phenoxy) is 2. The largest absolute Gasteiger partial charge is 0.377 e. The second kappa shape index (κ2) is 7.62. The summed E-state index contributed by atoms with van der Waals surface area (Å²) < 4.78 is 12.8. The van der Waals surface area contributed by atoms with Crippen LogP contribution in [0.4, 0.5) is 5.69 Å². The number of fused-ring (bicyclic) bond motifs is 2. The Kier molecular flexibility index (Phi) is 5.00. The molecule has 1 aliphatic carbocycles. The highest BCUT2D eigenvalue weighted by atomic mass is 16.7. The fraction of sp³-hybridized carbons (Fsp3) is 0.393. The molecule has 0 atom stereocenters. The number of hydrogen-bond acceptors (Lipinski definition) is 4. The Morgan fingerprint density at radius 3 is 2.38 bits per heavy atom. The molecule has 4 nitrogen and oxygen atoms in total. The molecule has 1 fully saturated rings. The topological polar surface area (TPSA) is 45.5 Å². The van der Waals surface area contributed by atoms with Crippen molar-refractivity contribution in [3.8, 4) is 17.2 Å². The fourth-order valence-electron chi connectivity index (χ4n) is 5.08. The maximum Gasteiger partial charge on any atom is 0.172 e. The molecule has 0 unspecified atom stereocenters. The van der Waals surface area contributed by atoms with Crippen molar-refractivity contribution in [2.75, 3.05) is 32.2 Å². The molecule has 0 N–H and O–H groups in total. The van der Waals surface area contributed by atoms with Crippen molar-refractivity contribution in [3.05, 3.63) is 65.2 Å². The Morgan fingerprint density at radius 2 is 1.66 bits per heavy atom. The summed E-state index contributed by atoms with van der Waals surface area (Å²) in [5.74, 6) is -0.603. The normalized spacial score (nSPS) is 18.8. The third-order valence-corrected chi connectivity index (χ3v) is 6.86. The number of hydrogen-bond donors (Lipinski definition) is 0. The zero-order chi connectivity index (χ0) is 22.5. The van der Waals surface area contributed by atoms with E-state index in [4.69, 9.17) is 9.47 Å². The van der Waals surface area contributed by atoms with E-state index in [9.17, 15) is 5.26 Å². The lowest BCUT2D eigenvalue weighted by molar-refractivity contribution is -0.302. The van der Waals surface area contributed by atoms with Crippen molar-refractivity contribution < 1.29 is 9.47 Å². The highest BCUT2D eigenvalue weighted by Gasteiger charge is 2.44. The van der Waals surface area contributed by atoms with Gasteiger partial charge >= 0.3 is 0 Å². The molecule has 1 aliphatic heterocycles. The molecular weight excluding hydrogens is 396 g/mol. The van der Waals surface area contributed by atoms with E-state index < -0.39 is 5.79 Å². The van der Waals surface area contributed by atoms with E-state index in [1.165, 1.54) is 27.5 Å². The molecule has 1 spiro atoms. The lowest BCUT2D eigenvalue weighted by Gasteiger charge is -2.46. The summed E-state index contributed by atoms with van der Waals surface area (Å²) in [6.07, 6.45) is 2.22. The van der Waals surface area contributed by atoms with Gasteiger partial charge in [0, 0.05) is 32.4 Å². The SMILES string of the molecule is CN(C)c1cc(-c2cccc3ccccc23)c2c(c1C#N)CCC1(C2)OCC(C)(C)CO1. The molecule has 0 amide bonds. The molecule has 5 rings (SSSR count). The molecule has 164 valence electrons. The van der Waals surface area contributed by atoms with Crippen molar-refractivity contribution in [3.63, 3.8) is 0 Å². The quantitative estimate of drug-likeness (QED) is 0.527. The van der Waals surface area contributed by atoms with Crippen LogP contribution in [0.5, 0.6) is 0 Å². The molecule has 0 radical (unpaired) electrons. The summed E-state index contributed by atoms with van der Waals surface area (Å²) >= 11 is 0. The third kappa shape index (κ3) is 3.46. The van der Waals surface area contributed by atoms with Crippen LogP contribution in [-0.4, -0.2) is 33.1 Å². The zero-order valence-corrected chi connectivity index (χ0v) is 19.4. The Hall–Kier alpha value is -2.87. The van der Waals surface area contributed by atoms with Crippen LogP contribution in [0, 0.1) is 16.7 Å². The molecule has 3 aromatic rings. The fourth-order valence-corrected chi connectivity index (χ4v) is 5.08. The van der Waals surface area contributed by atoms with Gasteiger partial charge < -0.3 is 14.4 Å². The minimum atomic E-state index is -0.603. The Bertz CT molecular complexity index is 1220. The lowest BCUT2D eigenvalue weighted by Crippen LogP contribution is -2.50. The van der Waals surface area contributed by atoms with E-state index >= 15 is 0 Å². The second-order valence-electron chi connectivity index (χ2n) is 10.1. The number of nitriles is 1. The summed E-state index contributed by atoms with van der Waals surface area (Å²) in [7, 11) is 4.02. The number of benzene rings is 3. The van der Waals surface area contributed by atoms with E-state index in [1.54, 1.807) is 0 Å². The van der Waals surface area contributed by atoms with Crippen LogP contribution in [0.1, 0.15) is 37.0 Å². The van der Waals surface area contributed by atoms with E-state index in [1.807, 2.05) is 19.0 Å². The van der Waals surface area contributed by atoms with E-state index in [-0.39, 0.29) is 5.41 Å². The average molecular weight is 427 g/mol. The maximum atomic E-state index is 10.1. The van der Waals surface area contributed by atoms with Gasteiger partial charge in [-0.1, -0.05) is 56.3 Å². The highest BCUT2D eigenvalue weighted by Crippen LogP contribution is 2.46. The summed E-state index contributed by atoms with van der Waals surface area (Å²) in [4.78, 5) is 2.05. The molecule has 0 bridgehead atoms. The molecule has 0 saturated carbocycles. The number of rotatable bonds is 2. The van der Waals surface area contributed by atoms with Crippen molar-refractivity contribution in [2.45, 2.75) is 38.9 Å². The Balaban J connectivity index is 1.73. The van der Waals surface area contributed by atoms with Gasteiger partial charge in [-0.15, -0.1) is 0 Å². The van der Waals surface area contributed by atoms with E-state index in [0.717, 1.165) is 29.7 Å². The summed E-state index contributed by atoms with van der Waals surface area (Å²) in [6.45, 7) is 5.73. The Morgan fingerprint density at radius 1 is 0.938 bits per heavy atom. The van der Waals surface area contributed by atoms with Crippen LogP contribution in [-0.2, 0) is 22.3 Å². The first kappa shape index (κ1) is 21.0. The molecule has 0 aromatic heterocycles. The lowest BCUT2D eigenvalue weighted by atomic mass is 9.78. The Labute approximate surface area is 190 Å². The minimum Gasteiger partial charge on any atom is -0.377 e. The summed E-state index contributed by atoms with van der Waals surface area (Å²) in [6, 6.07) is 19.6. The van der Waals surface area contributed by atoms with Gasteiger partial charge in [-0.3, -0.25) is 0 Å². The first-order valence-electron chi connectivity index (χ1n) is 11.3. The van der Waals surface area contributed by atoms with Crippen molar-refractivity contribution >= 4 is 16.5 Å². The standard InChI is InChI=1S/C28H30N2O2/c1-27(2)17-31-28(32-18-27)13-12-22-24(15-28)23(14-26(30(3)4)25(22)16-29)21-11-7-9-19-8-5-6-10-20(19)21/h5-11,14H,12-13,15,17-18H2,1-4H3. The van der Waals surface area contributed by atoms with Crippen molar-refractivity contribution in [1.82, 2.24) is 0 Å². The number of anilines is 1. The van der Waals surface area contributed by atoms with Crippen LogP contribution in [0.3, 0.4) is 0 Å². The smallest absolute Gasteiger partial charge is 0.172 e. The molecule has 1 heterocycles. The van der Waals surface area contributed by atoms with Crippen LogP contribution in [0.15, 0.2) is 48.5 Å². The molecule has 2 aliphatic rings. The minimum absolute atomic E-state index is 0.0244. The molecule has 3 aromatic carbocycles. The van der Waals surface area contributed by atoms with Gasteiger partial charge in [-0.05, 0) is 45.5 Å². The van der Waals surface area contributed by atoms with Gasteiger partial charge in [0.05, 0.1) is 24.5 Å². The van der Waals surface area contributed by atoms with Crippen LogP contribution >= 0.6 is 0 Å². The van der Waals surface area contributed by atoms with Crippen LogP contribution in [0.25, 0.3) is 21.9 Å². The van der Waals surface area contributed by atoms with Crippen LogP contribution in [0.2, 0.25) is 0 Å². The van der Waals surface area contributed by atoms with Gasteiger partial charge in [0.2, 0.25) is 0 Å². The second-order valence-corrected chi connectivity index (χ2v) is 10.1. The third-order valence-electron chi connectivity index (χ3n) is 6.86. The van der Waals surface area contributed by atoms with Gasteiger partial charge in [-0.2, -0.15) is 5.26 Å². The molecule has 1 saturated heterocycles. The van der Waals surface area contributed by atoms with E-state index in [2.05, 4.69) is 68.4 Å². The van der Waals surface area contributed by atoms with Gasteiger partial charge in [0.15, 0.2) is 5.79 Å². The van der Waals surface area contributed by atoms with E-state index in [0.29, 0.717) is 19.6 Å². The van der Waals surface area contributed by atoms with Gasteiger partial charge in [-0.25, -0.2) is 0 Å². The van der Waals surface area contributed by atoms with Gasteiger partial charge in [0.1, 0.15) is 6.07 Å². The first-order valence-corrected chi connectivity index (χ1v) is 11.3. The molecule has 4 heteroatoms. The number of nitrogens with zero attached hydrogens (tertiary/aromatic N) is 2. The zero-order valence-electron chi connectivity index (χ0n) is 19.4. The predicted octanol–water partition coefficient (Wildman–Crippen LogP) is 5.70. The summed E-state index contributed by atoms with van der Waals surface area (Å²) in [5.41, 5.74) is 6.47.